The second-order valence-electron chi connectivity index (χ2n) is 3.58. The molecule has 0 aliphatic carbocycles. The fraction of sp³-hybridized carbons (Fsp3) is 0.273. The predicted molar refractivity (Wildman–Crippen MR) is 53.3 cm³/mol. The fourth-order valence-corrected chi connectivity index (χ4v) is 1.94. The number of hydrogen-bond acceptors (Lipinski definition) is 2. The summed E-state index contributed by atoms with van der Waals surface area (Å²) in [4.78, 5) is 2.95. The molecule has 72 valence electrons. The van der Waals surface area contributed by atoms with Crippen molar-refractivity contribution in [2.75, 3.05) is 6.61 Å². The summed E-state index contributed by atoms with van der Waals surface area (Å²) in [5, 5.41) is 10.8. The Morgan fingerprint density at radius 1 is 1.36 bits per heavy atom. The minimum atomic E-state index is 0.0751. The van der Waals surface area contributed by atoms with E-state index in [-0.39, 0.29) is 12.0 Å². The van der Waals surface area contributed by atoms with Crippen LogP contribution in [0.15, 0.2) is 24.3 Å². The number of aromatic amines is 1. The lowest BCUT2D eigenvalue weighted by Crippen LogP contribution is -2.17. The smallest absolute Gasteiger partial charge is 0.195 e. The molecule has 0 bridgehead atoms. The van der Waals surface area contributed by atoms with Gasteiger partial charge in [-0.25, -0.2) is 0 Å². The van der Waals surface area contributed by atoms with Crippen molar-refractivity contribution in [1.82, 2.24) is 4.98 Å². The molecule has 0 saturated carbocycles. The van der Waals surface area contributed by atoms with Gasteiger partial charge >= 0.3 is 0 Å². The zero-order valence-corrected chi connectivity index (χ0v) is 7.66. The van der Waals surface area contributed by atoms with Gasteiger partial charge in [-0.2, -0.15) is 0 Å². The zero-order chi connectivity index (χ0) is 9.54. The SMILES string of the molecule is Oc1[nH]c2ccccc2c1C1CCO1. The van der Waals surface area contributed by atoms with Crippen LogP contribution in [0.25, 0.3) is 10.9 Å². The van der Waals surface area contributed by atoms with Gasteiger partial charge in [-0.1, -0.05) is 18.2 Å². The molecule has 0 amide bonds. The second-order valence-corrected chi connectivity index (χ2v) is 3.58. The number of benzene rings is 1. The number of aromatic nitrogens is 1. The van der Waals surface area contributed by atoms with Crippen molar-refractivity contribution in [3.63, 3.8) is 0 Å². The summed E-state index contributed by atoms with van der Waals surface area (Å²) in [6.45, 7) is 0.795. The fourth-order valence-electron chi connectivity index (χ4n) is 1.94. The van der Waals surface area contributed by atoms with Crippen LogP contribution < -0.4 is 0 Å². The molecule has 0 radical (unpaired) electrons. The van der Waals surface area contributed by atoms with Crippen LogP contribution in [0.1, 0.15) is 18.1 Å². The van der Waals surface area contributed by atoms with E-state index in [4.69, 9.17) is 4.74 Å². The van der Waals surface area contributed by atoms with Crippen molar-refractivity contribution in [1.29, 1.82) is 0 Å². The summed E-state index contributed by atoms with van der Waals surface area (Å²) in [7, 11) is 0. The van der Waals surface area contributed by atoms with Crippen molar-refractivity contribution in [2.24, 2.45) is 0 Å². The number of rotatable bonds is 1. The van der Waals surface area contributed by atoms with Gasteiger partial charge in [-0.3, -0.25) is 0 Å². The Balaban J connectivity index is 2.24. The third-order valence-electron chi connectivity index (χ3n) is 2.75. The maximum absolute atomic E-state index is 9.73. The van der Waals surface area contributed by atoms with E-state index >= 15 is 0 Å². The highest BCUT2D eigenvalue weighted by molar-refractivity contribution is 5.86. The lowest BCUT2D eigenvalue weighted by molar-refractivity contribution is -0.0528. The lowest BCUT2D eigenvalue weighted by Gasteiger charge is -2.26. The van der Waals surface area contributed by atoms with Crippen LogP contribution in [0.4, 0.5) is 0 Å². The normalized spacial score (nSPS) is 21.0. The van der Waals surface area contributed by atoms with E-state index in [0.29, 0.717) is 0 Å². The van der Waals surface area contributed by atoms with Gasteiger partial charge in [0.1, 0.15) is 0 Å². The van der Waals surface area contributed by atoms with Crippen molar-refractivity contribution in [3.8, 4) is 5.88 Å². The minimum Gasteiger partial charge on any atom is -0.494 e. The van der Waals surface area contributed by atoms with Gasteiger partial charge in [0.2, 0.25) is 0 Å². The number of aromatic hydroxyl groups is 1. The van der Waals surface area contributed by atoms with Crippen LogP contribution in [0.3, 0.4) is 0 Å². The molecule has 1 aliphatic heterocycles. The molecular weight excluding hydrogens is 178 g/mol. The lowest BCUT2D eigenvalue weighted by atomic mass is 10.0. The van der Waals surface area contributed by atoms with Gasteiger partial charge in [-0.15, -0.1) is 0 Å². The van der Waals surface area contributed by atoms with Gasteiger partial charge in [0.15, 0.2) is 5.88 Å². The molecule has 2 N–H and O–H groups in total. The molecule has 1 saturated heterocycles. The average Bonchev–Trinajstić information content (AvgIpc) is 2.41. The zero-order valence-electron chi connectivity index (χ0n) is 7.66. The topological polar surface area (TPSA) is 45.2 Å². The van der Waals surface area contributed by atoms with Crippen molar-refractivity contribution in [2.45, 2.75) is 12.5 Å². The van der Waals surface area contributed by atoms with E-state index in [1.165, 1.54) is 0 Å². The summed E-state index contributed by atoms with van der Waals surface area (Å²) in [6.07, 6.45) is 1.07. The van der Waals surface area contributed by atoms with Crippen LogP contribution in [0.2, 0.25) is 0 Å². The molecule has 1 fully saturated rings. The molecule has 1 atom stereocenters. The molecule has 2 heterocycles. The molecule has 14 heavy (non-hydrogen) atoms. The van der Waals surface area contributed by atoms with Gasteiger partial charge in [0, 0.05) is 17.3 Å². The van der Waals surface area contributed by atoms with Crippen LogP contribution in [0.5, 0.6) is 5.88 Å². The molecule has 1 aromatic heterocycles. The first-order chi connectivity index (χ1) is 6.86. The molecule has 3 heteroatoms. The van der Waals surface area contributed by atoms with Gasteiger partial charge in [-0.05, 0) is 6.07 Å². The number of ether oxygens (including phenoxy) is 1. The van der Waals surface area contributed by atoms with E-state index in [1.807, 2.05) is 24.3 Å². The molecular formula is C11H11NO2. The van der Waals surface area contributed by atoms with Crippen molar-refractivity contribution >= 4 is 10.9 Å². The Labute approximate surface area is 81.3 Å². The Kier molecular flexibility index (Phi) is 1.55. The number of para-hydroxylation sites is 1. The summed E-state index contributed by atoms with van der Waals surface area (Å²) < 4.78 is 5.38. The highest BCUT2D eigenvalue weighted by Crippen LogP contribution is 2.39. The van der Waals surface area contributed by atoms with E-state index < -0.39 is 0 Å². The highest BCUT2D eigenvalue weighted by Gasteiger charge is 2.26. The van der Waals surface area contributed by atoms with Gasteiger partial charge in [0.05, 0.1) is 18.3 Å². The van der Waals surface area contributed by atoms with Crippen molar-refractivity contribution in [3.05, 3.63) is 29.8 Å². The molecule has 0 spiro atoms. The highest BCUT2D eigenvalue weighted by atomic mass is 16.5. The molecule has 2 aromatic rings. The predicted octanol–water partition coefficient (Wildman–Crippen LogP) is 2.33. The van der Waals surface area contributed by atoms with Crippen LogP contribution in [-0.4, -0.2) is 16.7 Å². The van der Waals surface area contributed by atoms with Gasteiger partial charge in [0.25, 0.3) is 0 Å². The molecule has 3 nitrogen and oxygen atoms in total. The number of fused-ring (bicyclic) bond motifs is 1. The maximum Gasteiger partial charge on any atom is 0.195 e. The largest absolute Gasteiger partial charge is 0.494 e. The molecule has 1 aromatic carbocycles. The van der Waals surface area contributed by atoms with E-state index in [9.17, 15) is 5.11 Å². The Hall–Kier alpha value is -1.48. The monoisotopic (exact) mass is 189 g/mol. The van der Waals surface area contributed by atoms with Crippen molar-refractivity contribution < 1.29 is 9.84 Å². The van der Waals surface area contributed by atoms with Gasteiger partial charge < -0.3 is 14.8 Å². The van der Waals surface area contributed by atoms with E-state index in [1.54, 1.807) is 0 Å². The van der Waals surface area contributed by atoms with E-state index in [2.05, 4.69) is 4.98 Å². The van der Waals surface area contributed by atoms with Crippen LogP contribution in [0, 0.1) is 0 Å². The summed E-state index contributed by atoms with van der Waals surface area (Å²) >= 11 is 0. The summed E-state index contributed by atoms with van der Waals surface area (Å²) in [5.74, 6) is 0.246. The number of H-pyrrole nitrogens is 1. The summed E-state index contributed by atoms with van der Waals surface area (Å²) in [6, 6.07) is 7.88. The Morgan fingerprint density at radius 2 is 2.14 bits per heavy atom. The quantitative estimate of drug-likeness (QED) is 0.723. The summed E-state index contributed by atoms with van der Waals surface area (Å²) in [5.41, 5.74) is 1.88. The molecule has 1 unspecified atom stereocenters. The van der Waals surface area contributed by atoms with E-state index in [0.717, 1.165) is 29.5 Å². The standard InChI is InChI=1S/C11H11NO2/c13-11-10(9-5-6-14-9)7-3-1-2-4-8(7)12-11/h1-4,9,12-13H,5-6H2. The molecule has 1 aliphatic rings. The number of hydrogen-bond donors (Lipinski definition) is 2. The Morgan fingerprint density at radius 3 is 2.86 bits per heavy atom. The van der Waals surface area contributed by atoms with Crippen LogP contribution in [-0.2, 0) is 4.74 Å². The minimum absolute atomic E-state index is 0.0751. The molecule has 3 rings (SSSR count). The Bertz CT molecular complexity index is 471. The van der Waals surface area contributed by atoms with Crippen LogP contribution >= 0.6 is 0 Å². The third kappa shape index (κ3) is 0.960. The maximum atomic E-state index is 9.73. The first-order valence-corrected chi connectivity index (χ1v) is 4.77. The number of nitrogens with one attached hydrogen (secondary N) is 1. The first kappa shape index (κ1) is 7.88. The average molecular weight is 189 g/mol. The first-order valence-electron chi connectivity index (χ1n) is 4.77. The second kappa shape index (κ2) is 2.75. The third-order valence-corrected chi connectivity index (χ3v) is 2.75.